The molecular weight excluding hydrogens is 508 g/mol. The van der Waals surface area contributed by atoms with Crippen molar-refractivity contribution in [2.24, 2.45) is 0 Å². The molecule has 42 heavy (non-hydrogen) atoms. The highest BCUT2D eigenvalue weighted by atomic mass is 16.3. The average Bonchev–Trinajstić information content (AvgIpc) is 3.38. The number of hydrogen-bond acceptors (Lipinski definition) is 1. The van der Waals surface area contributed by atoms with Crippen LogP contribution in [-0.2, 0) is 0 Å². The molecule has 0 aliphatic carbocycles. The summed E-state index contributed by atoms with van der Waals surface area (Å²) in [6.07, 6.45) is 1.89. The summed E-state index contributed by atoms with van der Waals surface area (Å²) in [5.41, 5.74) is 9.13. The molecule has 0 spiro atoms. The van der Waals surface area contributed by atoms with Crippen LogP contribution in [0, 0.1) is 6.92 Å². The zero-order valence-electron chi connectivity index (χ0n) is 23.4. The summed E-state index contributed by atoms with van der Waals surface area (Å²) >= 11 is 0. The zero-order valence-corrected chi connectivity index (χ0v) is 23.4. The Balaban J connectivity index is 1.40. The molecular formula is C41H28O. The third kappa shape index (κ3) is 3.71. The van der Waals surface area contributed by atoms with E-state index in [1.807, 2.05) is 12.1 Å². The van der Waals surface area contributed by atoms with Crippen molar-refractivity contribution in [2.45, 2.75) is 6.92 Å². The molecule has 0 atom stereocenters. The number of benzene rings is 7. The van der Waals surface area contributed by atoms with Crippen LogP contribution in [0.15, 0.2) is 144 Å². The Kier molecular flexibility index (Phi) is 5.58. The third-order valence-corrected chi connectivity index (χ3v) is 8.62. The smallest absolute Gasteiger partial charge is 0.138 e. The van der Waals surface area contributed by atoms with Crippen LogP contribution in [-0.4, -0.2) is 0 Å². The first-order valence-electron chi connectivity index (χ1n) is 14.4. The maximum Gasteiger partial charge on any atom is 0.138 e. The molecule has 1 nitrogen and oxygen atoms in total. The molecule has 0 unspecified atom stereocenters. The normalized spacial score (nSPS) is 11.5. The molecule has 0 saturated heterocycles. The van der Waals surface area contributed by atoms with Crippen molar-refractivity contribution >= 4 is 49.4 Å². The molecule has 0 N–H and O–H groups in total. The van der Waals surface area contributed by atoms with E-state index in [0.29, 0.717) is 0 Å². The Morgan fingerprint density at radius 1 is 0.524 bits per heavy atom. The van der Waals surface area contributed by atoms with Gasteiger partial charge in [0.2, 0.25) is 0 Å². The fourth-order valence-electron chi connectivity index (χ4n) is 6.61. The minimum absolute atomic E-state index is 0.895. The van der Waals surface area contributed by atoms with Gasteiger partial charge in [-0.1, -0.05) is 128 Å². The zero-order chi connectivity index (χ0) is 28.2. The van der Waals surface area contributed by atoms with Gasteiger partial charge < -0.3 is 4.42 Å². The minimum atomic E-state index is 0.895. The standard InChI is InChI=1S/C41H28O/c1-3-27-12-6-7-15-32(27)41-26(2)37-25-31(22-23-38(37)42-41)40-35-18-10-8-16-33(35)39(34-17-9-11-19-36(34)40)30-21-20-28-13-4-5-14-29(28)24-30/h3-25H,1H2,2H3. The molecule has 8 aromatic rings. The van der Waals surface area contributed by atoms with Gasteiger partial charge in [0, 0.05) is 16.5 Å². The molecule has 198 valence electrons. The molecule has 8 rings (SSSR count). The van der Waals surface area contributed by atoms with Crippen LogP contribution in [0.4, 0.5) is 0 Å². The van der Waals surface area contributed by atoms with E-state index in [2.05, 4.69) is 141 Å². The van der Waals surface area contributed by atoms with Crippen LogP contribution >= 0.6 is 0 Å². The highest BCUT2D eigenvalue weighted by Gasteiger charge is 2.19. The molecule has 0 bridgehead atoms. The molecule has 1 heteroatoms. The lowest BCUT2D eigenvalue weighted by Gasteiger charge is -2.18. The van der Waals surface area contributed by atoms with Crippen LogP contribution in [0.2, 0.25) is 0 Å². The van der Waals surface area contributed by atoms with Crippen LogP contribution in [0.5, 0.6) is 0 Å². The van der Waals surface area contributed by atoms with E-state index >= 15 is 0 Å². The summed E-state index contributed by atoms with van der Waals surface area (Å²) in [6, 6.07) is 48.0. The maximum atomic E-state index is 6.46. The topological polar surface area (TPSA) is 13.1 Å². The first-order valence-corrected chi connectivity index (χ1v) is 14.4. The summed E-state index contributed by atoms with van der Waals surface area (Å²) in [6.45, 7) is 6.17. The summed E-state index contributed by atoms with van der Waals surface area (Å²) in [4.78, 5) is 0. The molecule has 7 aromatic carbocycles. The van der Waals surface area contributed by atoms with Crippen molar-refractivity contribution < 1.29 is 4.42 Å². The molecule has 1 heterocycles. The number of aryl methyl sites for hydroxylation is 1. The summed E-state index contributed by atoms with van der Waals surface area (Å²) in [5.74, 6) is 0.902. The Labute approximate surface area is 245 Å². The van der Waals surface area contributed by atoms with Gasteiger partial charge in [0.25, 0.3) is 0 Å². The van der Waals surface area contributed by atoms with Gasteiger partial charge in [0.05, 0.1) is 0 Å². The SMILES string of the molecule is C=Cc1ccccc1-c1oc2ccc(-c3c4ccccc4c(-c4ccc5ccccc5c4)c4ccccc34)cc2c1C. The van der Waals surface area contributed by atoms with E-state index in [4.69, 9.17) is 4.42 Å². The molecule has 0 aliphatic rings. The van der Waals surface area contributed by atoms with E-state index < -0.39 is 0 Å². The Bertz CT molecular complexity index is 2280. The van der Waals surface area contributed by atoms with Crippen molar-refractivity contribution in [1.82, 2.24) is 0 Å². The van der Waals surface area contributed by atoms with Gasteiger partial charge >= 0.3 is 0 Å². The van der Waals surface area contributed by atoms with Gasteiger partial charge in [-0.2, -0.15) is 0 Å². The van der Waals surface area contributed by atoms with Gasteiger partial charge in [-0.15, -0.1) is 0 Å². The second-order valence-electron chi connectivity index (χ2n) is 11.0. The fraction of sp³-hybridized carbons (Fsp3) is 0.0244. The first kappa shape index (κ1) is 24.4. The fourth-order valence-corrected chi connectivity index (χ4v) is 6.61. The maximum absolute atomic E-state index is 6.46. The Morgan fingerprint density at radius 3 is 1.74 bits per heavy atom. The Morgan fingerprint density at radius 2 is 1.07 bits per heavy atom. The van der Waals surface area contributed by atoms with E-state index in [-0.39, 0.29) is 0 Å². The van der Waals surface area contributed by atoms with Crippen molar-refractivity contribution in [3.05, 3.63) is 151 Å². The van der Waals surface area contributed by atoms with Crippen molar-refractivity contribution in [3.63, 3.8) is 0 Å². The minimum Gasteiger partial charge on any atom is -0.456 e. The second-order valence-corrected chi connectivity index (χ2v) is 11.0. The molecule has 0 aliphatic heterocycles. The largest absolute Gasteiger partial charge is 0.456 e. The third-order valence-electron chi connectivity index (χ3n) is 8.62. The number of furan rings is 1. The van der Waals surface area contributed by atoms with E-state index in [1.165, 1.54) is 54.6 Å². The lowest BCUT2D eigenvalue weighted by atomic mass is 9.85. The number of rotatable bonds is 4. The number of fused-ring (bicyclic) bond motifs is 4. The summed E-state index contributed by atoms with van der Waals surface area (Å²) in [7, 11) is 0. The summed E-state index contributed by atoms with van der Waals surface area (Å²) in [5, 5.41) is 8.65. The highest BCUT2D eigenvalue weighted by molar-refractivity contribution is 6.22. The molecule has 0 fully saturated rings. The van der Waals surface area contributed by atoms with Crippen molar-refractivity contribution in [2.75, 3.05) is 0 Å². The second kappa shape index (κ2) is 9.61. The number of hydrogen-bond donors (Lipinski definition) is 0. The van der Waals surface area contributed by atoms with Crippen LogP contribution in [0.25, 0.3) is 82.9 Å². The molecule has 0 saturated carbocycles. The van der Waals surface area contributed by atoms with E-state index in [1.54, 1.807) is 0 Å². The first-order chi connectivity index (χ1) is 20.7. The lowest BCUT2D eigenvalue weighted by Crippen LogP contribution is -1.91. The summed E-state index contributed by atoms with van der Waals surface area (Å²) < 4.78 is 6.46. The predicted molar refractivity (Wildman–Crippen MR) is 180 cm³/mol. The van der Waals surface area contributed by atoms with Gasteiger partial charge in [-0.3, -0.25) is 0 Å². The van der Waals surface area contributed by atoms with E-state index in [0.717, 1.165) is 33.4 Å². The molecule has 0 radical (unpaired) electrons. The average molecular weight is 537 g/mol. The quantitative estimate of drug-likeness (QED) is 0.204. The van der Waals surface area contributed by atoms with Crippen LogP contribution in [0.3, 0.4) is 0 Å². The van der Waals surface area contributed by atoms with Crippen LogP contribution in [0.1, 0.15) is 11.1 Å². The van der Waals surface area contributed by atoms with Gasteiger partial charge in [-0.25, -0.2) is 0 Å². The van der Waals surface area contributed by atoms with Crippen molar-refractivity contribution in [1.29, 1.82) is 0 Å². The lowest BCUT2D eigenvalue weighted by molar-refractivity contribution is 0.629. The van der Waals surface area contributed by atoms with Gasteiger partial charge in [-0.05, 0) is 85.3 Å². The monoisotopic (exact) mass is 536 g/mol. The Hall–Kier alpha value is -5.40. The van der Waals surface area contributed by atoms with Gasteiger partial charge in [0.1, 0.15) is 11.3 Å². The molecule has 0 amide bonds. The predicted octanol–water partition coefficient (Wildman–Crippen LogP) is 11.8. The van der Waals surface area contributed by atoms with Gasteiger partial charge in [0.15, 0.2) is 0 Å². The van der Waals surface area contributed by atoms with Crippen LogP contribution < -0.4 is 0 Å². The molecule has 1 aromatic heterocycles. The highest BCUT2D eigenvalue weighted by Crippen LogP contribution is 2.45. The van der Waals surface area contributed by atoms with E-state index in [9.17, 15) is 0 Å². The van der Waals surface area contributed by atoms with Crippen molar-refractivity contribution in [3.8, 4) is 33.6 Å².